The van der Waals surface area contributed by atoms with Crippen molar-refractivity contribution in [2.75, 3.05) is 0 Å². The fraction of sp³-hybridized carbons (Fsp3) is 0.333. The summed E-state index contributed by atoms with van der Waals surface area (Å²) in [6.45, 7) is 26.2. The first-order valence-corrected chi connectivity index (χ1v) is 11.1. The summed E-state index contributed by atoms with van der Waals surface area (Å²) in [5.74, 6) is 0. The van der Waals surface area contributed by atoms with Crippen LogP contribution < -0.4 is 0 Å². The van der Waals surface area contributed by atoms with Gasteiger partial charge in [0.15, 0.2) is 0 Å². The maximum absolute atomic E-state index is 4.51. The van der Waals surface area contributed by atoms with E-state index in [0.29, 0.717) is 0 Å². The normalized spacial score (nSPS) is 13.3. The van der Waals surface area contributed by atoms with E-state index >= 15 is 0 Å². The fourth-order valence-electron chi connectivity index (χ4n) is 3.15. The molecule has 0 saturated heterocycles. The van der Waals surface area contributed by atoms with Crippen molar-refractivity contribution in [3.8, 4) is 0 Å². The fourth-order valence-corrected chi connectivity index (χ4v) is 7.85. The first-order valence-electron chi connectivity index (χ1n) is 9.10. The molecule has 0 aromatic carbocycles. The molecule has 0 spiro atoms. The Hall–Kier alpha value is -1.65. The predicted octanol–water partition coefficient (Wildman–Crippen LogP) is 8.66. The summed E-state index contributed by atoms with van der Waals surface area (Å²) in [5.41, 5.74) is 0. The molecule has 0 amide bonds. The number of hydrogen-bond acceptors (Lipinski definition) is 0. The molecule has 25 heavy (non-hydrogen) atoms. The average molecular weight is 357 g/mol. The molecule has 0 heterocycles. The van der Waals surface area contributed by atoms with Crippen LogP contribution in [-0.4, -0.2) is 0 Å². The number of hydrogen-bond donors (Lipinski definition) is 0. The summed E-state index contributed by atoms with van der Waals surface area (Å²) in [6.07, 6.45) is 20.5. The molecule has 0 unspecified atom stereocenters. The van der Waals surface area contributed by atoms with Crippen molar-refractivity contribution in [1.29, 1.82) is 0 Å². The van der Waals surface area contributed by atoms with E-state index in [1.165, 1.54) is 21.3 Å². The van der Waals surface area contributed by atoms with Gasteiger partial charge in [0.1, 0.15) is 0 Å². The molecular weight excluding hydrogens is 319 g/mol. The first-order chi connectivity index (χ1) is 11.9. The third kappa shape index (κ3) is 6.29. The Morgan fingerprint density at radius 3 is 0.880 bits per heavy atom. The number of rotatable bonds is 12. The van der Waals surface area contributed by atoms with Gasteiger partial charge in [-0.25, -0.2) is 0 Å². The Morgan fingerprint density at radius 2 is 0.720 bits per heavy atom. The van der Waals surface area contributed by atoms with Gasteiger partial charge in [0.25, 0.3) is 0 Å². The Morgan fingerprint density at radius 1 is 0.520 bits per heavy atom. The van der Waals surface area contributed by atoms with Crippen LogP contribution in [-0.2, 0) is 0 Å². The molecule has 0 nitrogen and oxygen atoms in total. The van der Waals surface area contributed by atoms with Crippen LogP contribution in [0.15, 0.2) is 96.2 Å². The quantitative estimate of drug-likeness (QED) is 0.242. The number of allylic oxidation sites excluding steroid dienone is 12. The second-order valence-electron chi connectivity index (χ2n) is 6.26. The van der Waals surface area contributed by atoms with Gasteiger partial charge in [0, 0.05) is 0 Å². The summed E-state index contributed by atoms with van der Waals surface area (Å²) < 4.78 is 0. The van der Waals surface area contributed by atoms with Gasteiger partial charge in [0.2, 0.25) is 0 Å². The summed E-state index contributed by atoms with van der Waals surface area (Å²) in [4.78, 5) is 0. The van der Waals surface area contributed by atoms with Crippen molar-refractivity contribution < 1.29 is 0 Å². The van der Waals surface area contributed by atoms with Crippen LogP contribution in [0.1, 0.15) is 53.4 Å². The van der Waals surface area contributed by atoms with Crippen LogP contribution in [0.2, 0.25) is 0 Å². The summed E-state index contributed by atoms with van der Waals surface area (Å²) in [6, 6.07) is 0. The van der Waals surface area contributed by atoms with Gasteiger partial charge in [-0.15, -0.1) is 0 Å². The molecule has 0 aromatic rings. The van der Waals surface area contributed by atoms with Gasteiger partial charge >= 0.3 is 157 Å². The molecule has 0 saturated carbocycles. The summed E-state index contributed by atoms with van der Waals surface area (Å²) >= 11 is 0. The van der Waals surface area contributed by atoms with E-state index in [1.54, 1.807) is 0 Å². The Kier molecular flexibility index (Phi) is 11.8. The van der Waals surface area contributed by atoms with E-state index in [-0.39, 0.29) is 0 Å². The second kappa shape index (κ2) is 12.7. The SMILES string of the molecule is C=C(C/C=C/C)[PH](C(=C)C/C=C/C)(C(=C)C/C=C/C)C(=C)C/C=C/C. The molecule has 0 bridgehead atoms. The van der Waals surface area contributed by atoms with Crippen molar-refractivity contribution in [3.05, 3.63) is 96.2 Å². The van der Waals surface area contributed by atoms with Crippen molar-refractivity contribution in [1.82, 2.24) is 0 Å². The zero-order chi connectivity index (χ0) is 19.3. The van der Waals surface area contributed by atoms with Crippen molar-refractivity contribution in [3.63, 3.8) is 0 Å². The topological polar surface area (TPSA) is 0 Å². The standard InChI is InChI=1S/C24H37P/c1-9-13-17-21(5)25(22(6)18-14-10-2,23(7)19-15-11-3)24(8)20-16-12-4/h9-16,25H,5-8,17-20H2,1-4H3/b13-9+,14-10+,15-11+,16-12+. The molecule has 0 aromatic heterocycles. The van der Waals surface area contributed by atoms with Crippen LogP contribution in [0.5, 0.6) is 0 Å². The second-order valence-corrected chi connectivity index (χ2v) is 10.6. The van der Waals surface area contributed by atoms with E-state index in [4.69, 9.17) is 0 Å². The maximum atomic E-state index is 4.51. The molecule has 0 fully saturated rings. The van der Waals surface area contributed by atoms with E-state index in [2.05, 4.69) is 103 Å². The van der Waals surface area contributed by atoms with Crippen molar-refractivity contribution in [2.45, 2.75) is 53.4 Å². The van der Waals surface area contributed by atoms with Crippen LogP contribution in [0, 0.1) is 0 Å². The van der Waals surface area contributed by atoms with Gasteiger partial charge in [-0.2, -0.15) is 0 Å². The predicted molar refractivity (Wildman–Crippen MR) is 123 cm³/mol. The molecule has 0 aliphatic heterocycles. The Labute approximate surface area is 157 Å². The van der Waals surface area contributed by atoms with Crippen molar-refractivity contribution >= 4 is 7.26 Å². The molecule has 0 aliphatic rings. The molecule has 0 atom stereocenters. The first kappa shape index (κ1) is 23.4. The molecule has 1 heteroatoms. The average Bonchev–Trinajstić information content (AvgIpc) is 2.61. The van der Waals surface area contributed by atoms with E-state index in [9.17, 15) is 0 Å². The van der Waals surface area contributed by atoms with Gasteiger partial charge < -0.3 is 0 Å². The minimum atomic E-state index is -2.34. The minimum absolute atomic E-state index is 0.862. The van der Waals surface area contributed by atoms with Crippen LogP contribution >= 0.6 is 7.26 Å². The summed E-state index contributed by atoms with van der Waals surface area (Å²) in [7, 11) is -2.34. The van der Waals surface area contributed by atoms with Crippen LogP contribution in [0.3, 0.4) is 0 Å². The molecule has 138 valence electrons. The van der Waals surface area contributed by atoms with Crippen molar-refractivity contribution in [2.24, 2.45) is 0 Å². The third-order valence-electron chi connectivity index (χ3n) is 4.52. The monoisotopic (exact) mass is 356 g/mol. The zero-order valence-electron chi connectivity index (χ0n) is 16.8. The van der Waals surface area contributed by atoms with E-state index in [1.807, 2.05) is 0 Å². The Balaban J connectivity index is 6.26. The Bertz CT molecular complexity index is 484. The van der Waals surface area contributed by atoms with Gasteiger partial charge in [0.05, 0.1) is 0 Å². The van der Waals surface area contributed by atoms with Gasteiger partial charge in [-0.05, 0) is 0 Å². The van der Waals surface area contributed by atoms with Gasteiger partial charge in [-0.1, -0.05) is 0 Å². The molecular formula is C24H37P. The third-order valence-corrected chi connectivity index (χ3v) is 9.58. The van der Waals surface area contributed by atoms with E-state index in [0.717, 1.165) is 25.7 Å². The van der Waals surface area contributed by atoms with Crippen LogP contribution in [0.4, 0.5) is 0 Å². The molecule has 0 aliphatic carbocycles. The molecule has 0 N–H and O–H groups in total. The van der Waals surface area contributed by atoms with Gasteiger partial charge in [-0.3, -0.25) is 0 Å². The molecule has 0 rings (SSSR count). The molecule has 0 radical (unpaired) electrons. The summed E-state index contributed by atoms with van der Waals surface area (Å²) in [5, 5.41) is 4.96. The van der Waals surface area contributed by atoms with E-state index < -0.39 is 7.26 Å². The van der Waals surface area contributed by atoms with Crippen LogP contribution in [0.25, 0.3) is 0 Å². The zero-order valence-corrected chi connectivity index (χ0v) is 17.8.